The van der Waals surface area contributed by atoms with Crippen LogP contribution in [0, 0.1) is 6.92 Å². The molecule has 0 radical (unpaired) electrons. The quantitative estimate of drug-likeness (QED) is 0.639. The van der Waals surface area contributed by atoms with E-state index < -0.39 is 57.1 Å². The molecule has 0 aromatic carbocycles. The minimum absolute atomic E-state index is 0.0822. The van der Waals surface area contributed by atoms with Gasteiger partial charge in [0, 0.05) is 31.0 Å². The zero-order chi connectivity index (χ0) is 24.1. The number of ether oxygens (including phenoxy) is 1. The molecule has 10 heteroatoms. The zero-order valence-electron chi connectivity index (χ0n) is 20.7. The van der Waals surface area contributed by atoms with Gasteiger partial charge >= 0.3 is 5.69 Å². The van der Waals surface area contributed by atoms with Gasteiger partial charge in [-0.25, -0.2) is 9.18 Å². The van der Waals surface area contributed by atoms with E-state index in [1.807, 2.05) is 0 Å². The maximum atomic E-state index is 16.2. The molecule has 3 aliphatic rings. The highest BCUT2D eigenvalue weighted by molar-refractivity contribution is 6.74. The molecule has 1 N–H and O–H groups in total. The molecular formula is C22H37FN2O5Si2. The fourth-order valence-corrected chi connectivity index (χ4v) is 8.37. The summed E-state index contributed by atoms with van der Waals surface area (Å²) in [6, 6.07) is 0. The van der Waals surface area contributed by atoms with Crippen molar-refractivity contribution >= 4 is 16.6 Å². The molecule has 0 unspecified atom stereocenters. The smallest absolute Gasteiger partial charge is 0.330 e. The molecule has 0 amide bonds. The first kappa shape index (κ1) is 24.1. The van der Waals surface area contributed by atoms with Crippen molar-refractivity contribution < 1.29 is 18.0 Å². The van der Waals surface area contributed by atoms with Gasteiger partial charge < -0.3 is 13.6 Å². The third kappa shape index (κ3) is 3.53. The average Bonchev–Trinajstić information content (AvgIpc) is 2.87. The highest BCUT2D eigenvalue weighted by Gasteiger charge is 2.87. The summed E-state index contributed by atoms with van der Waals surface area (Å²) in [5, 5.41) is -0.0822. The van der Waals surface area contributed by atoms with Crippen LogP contribution in [0.3, 0.4) is 0 Å². The van der Waals surface area contributed by atoms with Gasteiger partial charge in [-0.1, -0.05) is 20.8 Å². The van der Waals surface area contributed by atoms with E-state index in [-0.39, 0.29) is 11.5 Å². The largest absolute Gasteiger partial charge is 0.409 e. The van der Waals surface area contributed by atoms with Crippen molar-refractivity contribution in [2.75, 3.05) is 0 Å². The maximum absolute atomic E-state index is 16.2. The van der Waals surface area contributed by atoms with Gasteiger partial charge in [-0.15, -0.1) is 0 Å². The Balaban J connectivity index is 1.76. The number of fused-ring (bicyclic) bond motifs is 3. The molecule has 2 aliphatic carbocycles. The van der Waals surface area contributed by atoms with Crippen LogP contribution in [0.15, 0.2) is 15.8 Å². The van der Waals surface area contributed by atoms with E-state index in [9.17, 15) is 9.59 Å². The van der Waals surface area contributed by atoms with E-state index in [1.54, 1.807) is 6.92 Å². The number of aromatic nitrogens is 2. The number of alkyl halides is 1. The van der Waals surface area contributed by atoms with Gasteiger partial charge in [0.15, 0.2) is 16.6 Å². The molecule has 0 bridgehead atoms. The van der Waals surface area contributed by atoms with E-state index in [0.717, 1.165) is 0 Å². The number of H-pyrrole nitrogens is 1. The normalized spacial score (nSPS) is 36.8. The van der Waals surface area contributed by atoms with Crippen LogP contribution in [0.2, 0.25) is 37.8 Å². The Bertz CT molecular complexity index is 1060. The predicted octanol–water partition coefficient (Wildman–Crippen LogP) is 4.00. The van der Waals surface area contributed by atoms with Crippen molar-refractivity contribution in [3.63, 3.8) is 0 Å². The lowest BCUT2D eigenvalue weighted by Gasteiger charge is -2.43. The van der Waals surface area contributed by atoms with Crippen LogP contribution in [-0.2, 0) is 13.6 Å². The molecule has 2 heterocycles. The molecule has 1 aliphatic heterocycles. The Morgan fingerprint density at radius 1 is 1.16 bits per heavy atom. The summed E-state index contributed by atoms with van der Waals surface area (Å²) in [5.74, 6) is 0. The van der Waals surface area contributed by atoms with E-state index in [4.69, 9.17) is 13.6 Å². The molecule has 1 aromatic rings. The van der Waals surface area contributed by atoms with Gasteiger partial charge in [0.05, 0.1) is 5.60 Å². The van der Waals surface area contributed by atoms with Crippen molar-refractivity contribution in [3.05, 3.63) is 32.6 Å². The Kier molecular flexibility index (Phi) is 5.07. The van der Waals surface area contributed by atoms with Gasteiger partial charge in [-0.2, -0.15) is 0 Å². The van der Waals surface area contributed by atoms with Crippen LogP contribution in [0.4, 0.5) is 4.39 Å². The summed E-state index contributed by atoms with van der Waals surface area (Å²) < 4.78 is 37.5. The lowest BCUT2D eigenvalue weighted by atomic mass is 9.92. The molecule has 5 atom stereocenters. The van der Waals surface area contributed by atoms with E-state index >= 15 is 4.39 Å². The molecule has 1 saturated heterocycles. The minimum atomic E-state index is -2.31. The zero-order valence-corrected chi connectivity index (χ0v) is 22.7. The van der Waals surface area contributed by atoms with Gasteiger partial charge in [0.2, 0.25) is 0 Å². The minimum Gasteiger partial charge on any atom is -0.409 e. The lowest BCUT2D eigenvalue weighted by Crippen LogP contribution is -2.54. The summed E-state index contributed by atoms with van der Waals surface area (Å²) in [7, 11) is -4.40. The topological polar surface area (TPSA) is 82.6 Å². The SMILES string of the molecule is Cc1cn([C@H]2C[C@@]3(O[Si](C)(C)C)C[C@]4(F)C[C@]4(O[Si](C)(C)C(C)(C)C)[C@H]3O2)c(=O)[nH]c1=O. The number of hydrogen-bond acceptors (Lipinski definition) is 5. The molecule has 32 heavy (non-hydrogen) atoms. The summed E-state index contributed by atoms with van der Waals surface area (Å²) in [4.78, 5) is 26.8. The summed E-state index contributed by atoms with van der Waals surface area (Å²) in [6.45, 7) is 18.6. The monoisotopic (exact) mass is 484 g/mol. The van der Waals surface area contributed by atoms with E-state index in [1.165, 1.54) is 10.8 Å². The van der Waals surface area contributed by atoms with Crippen LogP contribution in [0.1, 0.15) is 51.8 Å². The molecule has 1 aromatic heterocycles. The van der Waals surface area contributed by atoms with Crippen molar-refractivity contribution in [1.29, 1.82) is 0 Å². The maximum Gasteiger partial charge on any atom is 0.330 e. The van der Waals surface area contributed by atoms with E-state index in [2.05, 4.69) is 58.5 Å². The summed E-state index contributed by atoms with van der Waals surface area (Å²) in [5.41, 5.74) is -3.91. The van der Waals surface area contributed by atoms with E-state index in [0.29, 0.717) is 18.4 Å². The number of rotatable bonds is 5. The third-order valence-corrected chi connectivity index (χ3v) is 13.2. The van der Waals surface area contributed by atoms with Crippen LogP contribution < -0.4 is 11.2 Å². The van der Waals surface area contributed by atoms with Crippen molar-refractivity contribution in [3.8, 4) is 0 Å². The number of halogens is 1. The van der Waals surface area contributed by atoms with Crippen LogP contribution >= 0.6 is 0 Å². The number of aromatic amines is 1. The van der Waals surface area contributed by atoms with Crippen LogP contribution in [-0.4, -0.2) is 49.2 Å². The standard InChI is InChI=1S/C22H37FN2O5Si2/c1-14-11-25(18(27)24-16(14)26)15-10-20(29-31(5,6)7)12-21(23)13-22(21,17(20)28-15)30-32(8,9)19(2,3)4/h11,15,17H,10,12-13H2,1-9H3,(H,24,26,27)/t15-,17+,20-,21+,22+/m1/s1. The lowest BCUT2D eigenvalue weighted by molar-refractivity contribution is -0.100. The van der Waals surface area contributed by atoms with Crippen molar-refractivity contribution in [1.82, 2.24) is 9.55 Å². The fraction of sp³-hybridized carbons (Fsp3) is 0.818. The summed E-state index contributed by atoms with van der Waals surface area (Å²) >= 11 is 0. The molecule has 4 rings (SSSR count). The van der Waals surface area contributed by atoms with Gasteiger partial charge in [0.25, 0.3) is 5.56 Å². The highest BCUT2D eigenvalue weighted by Crippen LogP contribution is 2.73. The first-order chi connectivity index (χ1) is 14.3. The molecule has 2 saturated carbocycles. The number of hydrogen-bond donors (Lipinski definition) is 1. The van der Waals surface area contributed by atoms with Gasteiger partial charge in [-0.3, -0.25) is 14.3 Å². The van der Waals surface area contributed by atoms with Crippen molar-refractivity contribution in [2.45, 2.75) is 114 Å². The first-order valence-corrected chi connectivity index (χ1v) is 17.7. The molecule has 3 fully saturated rings. The first-order valence-electron chi connectivity index (χ1n) is 11.4. The number of aryl methyl sites for hydroxylation is 1. The van der Waals surface area contributed by atoms with Crippen LogP contribution in [0.5, 0.6) is 0 Å². The highest BCUT2D eigenvalue weighted by atomic mass is 28.4. The number of nitrogens with zero attached hydrogens (tertiary/aromatic N) is 1. The number of nitrogens with one attached hydrogen (secondary N) is 1. The Labute approximate surface area is 190 Å². The second kappa shape index (κ2) is 6.74. The predicted molar refractivity (Wildman–Crippen MR) is 126 cm³/mol. The second-order valence-electron chi connectivity index (χ2n) is 12.5. The third-order valence-electron chi connectivity index (χ3n) is 7.68. The fourth-order valence-electron chi connectivity index (χ4n) is 5.31. The average molecular weight is 485 g/mol. The Morgan fingerprint density at radius 3 is 2.34 bits per heavy atom. The summed E-state index contributed by atoms with van der Waals surface area (Å²) in [6.07, 6.45) is 1.11. The van der Waals surface area contributed by atoms with Gasteiger partial charge in [0.1, 0.15) is 23.6 Å². The van der Waals surface area contributed by atoms with Crippen LogP contribution in [0.25, 0.3) is 0 Å². The molecule has 7 nitrogen and oxygen atoms in total. The second-order valence-corrected chi connectivity index (χ2v) is 21.7. The Hall–Kier alpha value is -1.08. The molecule has 180 valence electrons. The van der Waals surface area contributed by atoms with Crippen molar-refractivity contribution in [2.24, 2.45) is 0 Å². The molecular weight excluding hydrogens is 447 g/mol. The van der Waals surface area contributed by atoms with Gasteiger partial charge in [-0.05, 0) is 44.7 Å². The molecule has 0 spiro atoms. The Morgan fingerprint density at radius 2 is 1.78 bits per heavy atom.